The second kappa shape index (κ2) is 8.67. The zero-order chi connectivity index (χ0) is 13.9. The molecule has 0 radical (unpaired) electrons. The van der Waals surface area contributed by atoms with E-state index in [0.717, 1.165) is 56.8 Å². The molecular formula is C15H24Cl2N4O. The number of hydrogen-bond acceptors (Lipinski definition) is 4. The normalized spacial score (nSPS) is 21.9. The summed E-state index contributed by atoms with van der Waals surface area (Å²) < 4.78 is 0. The maximum atomic E-state index is 12.6. The molecule has 1 atom stereocenters. The third kappa shape index (κ3) is 4.10. The summed E-state index contributed by atoms with van der Waals surface area (Å²) in [5.41, 5.74) is 1.75. The molecule has 0 aromatic carbocycles. The Kier molecular flexibility index (Phi) is 7.56. The number of pyridine rings is 1. The monoisotopic (exact) mass is 346 g/mol. The first kappa shape index (κ1) is 19.2. The van der Waals surface area contributed by atoms with Crippen LogP contribution in [0, 0.1) is 6.92 Å². The van der Waals surface area contributed by atoms with Crippen molar-refractivity contribution in [2.45, 2.75) is 19.4 Å². The molecule has 2 saturated heterocycles. The Morgan fingerprint density at radius 1 is 1.27 bits per heavy atom. The van der Waals surface area contributed by atoms with Crippen LogP contribution in [0.15, 0.2) is 18.5 Å². The van der Waals surface area contributed by atoms with Crippen molar-refractivity contribution in [1.29, 1.82) is 0 Å². The molecule has 1 amide bonds. The predicted molar refractivity (Wildman–Crippen MR) is 92.2 cm³/mol. The number of nitrogens with zero attached hydrogens (tertiary/aromatic N) is 3. The quantitative estimate of drug-likeness (QED) is 0.878. The lowest BCUT2D eigenvalue weighted by Gasteiger charge is -2.32. The number of likely N-dealkylation sites (tertiary alicyclic amines) is 1. The van der Waals surface area contributed by atoms with Gasteiger partial charge in [-0.1, -0.05) is 0 Å². The van der Waals surface area contributed by atoms with E-state index in [4.69, 9.17) is 0 Å². The molecule has 0 aliphatic carbocycles. The molecule has 3 rings (SSSR count). The van der Waals surface area contributed by atoms with E-state index < -0.39 is 0 Å². The number of carbonyl (C=O) groups is 1. The van der Waals surface area contributed by atoms with Gasteiger partial charge in [0.05, 0.1) is 5.56 Å². The molecule has 2 aliphatic heterocycles. The highest BCUT2D eigenvalue weighted by molar-refractivity contribution is 5.95. The van der Waals surface area contributed by atoms with E-state index in [9.17, 15) is 4.79 Å². The Morgan fingerprint density at radius 2 is 2.00 bits per heavy atom. The van der Waals surface area contributed by atoms with Gasteiger partial charge in [-0.25, -0.2) is 0 Å². The maximum absolute atomic E-state index is 12.6. The van der Waals surface area contributed by atoms with Crippen molar-refractivity contribution in [3.8, 4) is 0 Å². The highest BCUT2D eigenvalue weighted by Crippen LogP contribution is 2.19. The van der Waals surface area contributed by atoms with Crippen LogP contribution in [-0.4, -0.2) is 66.0 Å². The molecule has 3 heterocycles. The van der Waals surface area contributed by atoms with E-state index in [-0.39, 0.29) is 30.7 Å². The van der Waals surface area contributed by atoms with E-state index in [0.29, 0.717) is 6.04 Å². The summed E-state index contributed by atoms with van der Waals surface area (Å²) in [5, 5.41) is 3.37. The minimum atomic E-state index is 0. The Labute approximate surface area is 144 Å². The van der Waals surface area contributed by atoms with Crippen LogP contribution in [0.1, 0.15) is 22.3 Å². The smallest absolute Gasteiger partial charge is 0.255 e. The van der Waals surface area contributed by atoms with Crippen LogP contribution in [-0.2, 0) is 0 Å². The summed E-state index contributed by atoms with van der Waals surface area (Å²) in [6.45, 7) is 8.00. The first-order valence-corrected chi connectivity index (χ1v) is 7.40. The zero-order valence-electron chi connectivity index (χ0n) is 12.8. The number of aryl methyl sites for hydroxylation is 1. The lowest BCUT2D eigenvalue weighted by Crippen LogP contribution is -2.49. The second-order valence-corrected chi connectivity index (χ2v) is 5.67. The number of halogens is 2. The van der Waals surface area contributed by atoms with Crippen molar-refractivity contribution in [1.82, 2.24) is 20.1 Å². The molecule has 5 nitrogen and oxygen atoms in total. The summed E-state index contributed by atoms with van der Waals surface area (Å²) >= 11 is 0. The largest absolute Gasteiger partial charge is 0.337 e. The Hall–Kier alpha value is -0.880. The van der Waals surface area contributed by atoms with E-state index in [1.807, 2.05) is 17.9 Å². The summed E-state index contributed by atoms with van der Waals surface area (Å²) in [5.74, 6) is 0.133. The number of carbonyl (C=O) groups excluding carboxylic acids is 1. The zero-order valence-corrected chi connectivity index (χ0v) is 14.5. The molecule has 0 saturated carbocycles. The lowest BCUT2D eigenvalue weighted by atomic mass is 10.1. The molecule has 2 aliphatic rings. The second-order valence-electron chi connectivity index (χ2n) is 5.67. The average Bonchev–Trinajstić information content (AvgIpc) is 2.98. The number of nitrogens with one attached hydrogen (secondary N) is 1. The van der Waals surface area contributed by atoms with Gasteiger partial charge in [0.25, 0.3) is 5.91 Å². The van der Waals surface area contributed by atoms with Crippen molar-refractivity contribution in [3.63, 3.8) is 0 Å². The first-order chi connectivity index (χ1) is 9.75. The molecule has 2 fully saturated rings. The van der Waals surface area contributed by atoms with Crippen molar-refractivity contribution in [3.05, 3.63) is 29.6 Å². The number of aromatic nitrogens is 1. The first-order valence-electron chi connectivity index (χ1n) is 7.40. The van der Waals surface area contributed by atoms with Crippen molar-refractivity contribution in [2.75, 3.05) is 39.3 Å². The third-order valence-corrected chi connectivity index (χ3v) is 4.39. The molecular weight excluding hydrogens is 323 g/mol. The summed E-state index contributed by atoms with van der Waals surface area (Å²) in [6.07, 6.45) is 4.51. The van der Waals surface area contributed by atoms with E-state index in [1.54, 1.807) is 12.4 Å². The Balaban J connectivity index is 0.00000121. The number of piperazine rings is 1. The highest BCUT2D eigenvalue weighted by Gasteiger charge is 2.31. The van der Waals surface area contributed by atoms with Crippen LogP contribution in [0.4, 0.5) is 0 Å². The van der Waals surface area contributed by atoms with Gasteiger partial charge in [-0.15, -0.1) is 24.8 Å². The van der Waals surface area contributed by atoms with Gasteiger partial charge in [0.2, 0.25) is 0 Å². The van der Waals surface area contributed by atoms with Gasteiger partial charge in [0.1, 0.15) is 0 Å². The average molecular weight is 347 g/mol. The van der Waals surface area contributed by atoms with Crippen molar-refractivity contribution < 1.29 is 4.79 Å². The third-order valence-electron chi connectivity index (χ3n) is 4.39. The van der Waals surface area contributed by atoms with Gasteiger partial charge in [0.15, 0.2) is 0 Å². The van der Waals surface area contributed by atoms with Crippen molar-refractivity contribution in [2.24, 2.45) is 0 Å². The number of amides is 1. The van der Waals surface area contributed by atoms with Crippen LogP contribution >= 0.6 is 24.8 Å². The number of hydrogen-bond donors (Lipinski definition) is 1. The molecule has 0 spiro atoms. The fourth-order valence-electron chi connectivity index (χ4n) is 3.13. The van der Waals surface area contributed by atoms with Crippen LogP contribution < -0.4 is 5.32 Å². The van der Waals surface area contributed by atoms with Crippen LogP contribution in [0.3, 0.4) is 0 Å². The molecule has 1 unspecified atom stereocenters. The van der Waals surface area contributed by atoms with Gasteiger partial charge < -0.3 is 10.2 Å². The van der Waals surface area contributed by atoms with Gasteiger partial charge in [-0.3, -0.25) is 14.7 Å². The standard InChI is InChI=1S/C15H22N4O.2ClH/c1-12-2-4-17-10-14(12)15(20)19-7-3-13(11-19)18-8-5-16-6-9-18;;/h2,4,10,13,16H,3,5-9,11H2,1H3;2*1H. The van der Waals surface area contributed by atoms with E-state index in [1.165, 1.54) is 0 Å². The van der Waals surface area contributed by atoms with Gasteiger partial charge in [-0.2, -0.15) is 0 Å². The predicted octanol–water partition coefficient (Wildman–Crippen LogP) is 1.35. The van der Waals surface area contributed by atoms with Gasteiger partial charge in [0, 0.05) is 57.7 Å². The van der Waals surface area contributed by atoms with Crippen LogP contribution in [0.2, 0.25) is 0 Å². The fraction of sp³-hybridized carbons (Fsp3) is 0.600. The van der Waals surface area contributed by atoms with Crippen LogP contribution in [0.25, 0.3) is 0 Å². The van der Waals surface area contributed by atoms with E-state index in [2.05, 4.69) is 15.2 Å². The molecule has 22 heavy (non-hydrogen) atoms. The molecule has 1 aromatic rings. The number of rotatable bonds is 2. The molecule has 0 bridgehead atoms. The summed E-state index contributed by atoms with van der Waals surface area (Å²) in [6, 6.07) is 2.43. The van der Waals surface area contributed by atoms with Gasteiger partial charge >= 0.3 is 0 Å². The van der Waals surface area contributed by atoms with Crippen LogP contribution in [0.5, 0.6) is 0 Å². The summed E-state index contributed by atoms with van der Waals surface area (Å²) in [7, 11) is 0. The maximum Gasteiger partial charge on any atom is 0.255 e. The summed E-state index contributed by atoms with van der Waals surface area (Å²) in [4.78, 5) is 21.1. The topological polar surface area (TPSA) is 48.5 Å². The fourth-order valence-corrected chi connectivity index (χ4v) is 3.13. The SMILES string of the molecule is Cc1ccncc1C(=O)N1CCC(N2CCNCC2)C1.Cl.Cl. The van der Waals surface area contributed by atoms with Crippen molar-refractivity contribution >= 4 is 30.7 Å². The molecule has 1 aromatic heterocycles. The van der Waals surface area contributed by atoms with Gasteiger partial charge in [-0.05, 0) is 25.0 Å². The lowest BCUT2D eigenvalue weighted by molar-refractivity contribution is 0.0772. The minimum Gasteiger partial charge on any atom is -0.337 e. The molecule has 1 N–H and O–H groups in total. The Morgan fingerprint density at radius 3 is 2.68 bits per heavy atom. The Bertz CT molecular complexity index is 494. The minimum absolute atomic E-state index is 0. The molecule has 124 valence electrons. The van der Waals surface area contributed by atoms with E-state index >= 15 is 0 Å². The molecule has 7 heteroatoms. The highest BCUT2D eigenvalue weighted by atomic mass is 35.5.